The van der Waals surface area contributed by atoms with E-state index in [1.165, 1.54) is 12.1 Å². The van der Waals surface area contributed by atoms with E-state index in [-0.39, 0.29) is 10.8 Å². The zero-order valence-corrected chi connectivity index (χ0v) is 11.6. The van der Waals surface area contributed by atoms with Crippen molar-refractivity contribution in [3.05, 3.63) is 51.9 Å². The minimum absolute atomic E-state index is 0.00180. The van der Waals surface area contributed by atoms with Gasteiger partial charge in [-0.3, -0.25) is 9.78 Å². The number of carbonyl (C=O) groups is 1. The van der Waals surface area contributed by atoms with Crippen molar-refractivity contribution in [1.82, 2.24) is 9.97 Å². The molecule has 1 aromatic carbocycles. The average Bonchev–Trinajstić information content (AvgIpc) is 2.38. The number of H-pyrrole nitrogens is 1. The van der Waals surface area contributed by atoms with Crippen LogP contribution in [-0.4, -0.2) is 29.5 Å². The molecule has 0 amide bonds. The zero-order chi connectivity index (χ0) is 15.6. The fourth-order valence-electron chi connectivity index (χ4n) is 1.50. The molecule has 0 saturated heterocycles. The van der Waals surface area contributed by atoms with Gasteiger partial charge in [0, 0.05) is 0 Å². The quantitative estimate of drug-likeness (QED) is 0.757. The van der Waals surface area contributed by atoms with Crippen molar-refractivity contribution in [3.8, 4) is 0 Å². The Morgan fingerprint density at radius 1 is 1.29 bits per heavy atom. The maximum absolute atomic E-state index is 12.1. The highest BCUT2D eigenvalue weighted by Crippen LogP contribution is 2.13. The highest BCUT2D eigenvalue weighted by Gasteiger charge is 2.16. The number of carboxylic acids is 1. The van der Waals surface area contributed by atoms with Crippen LogP contribution in [0, 0.1) is 6.92 Å². The molecule has 21 heavy (non-hydrogen) atoms. The maximum atomic E-state index is 12.1. The van der Waals surface area contributed by atoms with Crippen LogP contribution in [0.2, 0.25) is 0 Å². The van der Waals surface area contributed by atoms with Gasteiger partial charge in [0.1, 0.15) is 5.56 Å². The molecule has 0 aliphatic rings. The smallest absolute Gasteiger partial charge is 0.342 e. The number of sulfonamides is 1. The molecule has 0 spiro atoms. The van der Waals surface area contributed by atoms with E-state index in [4.69, 9.17) is 5.11 Å². The van der Waals surface area contributed by atoms with E-state index in [1.807, 2.05) is 6.92 Å². The number of nitrogens with zero attached hydrogens (tertiary/aromatic N) is 1. The molecule has 0 radical (unpaired) electrons. The summed E-state index contributed by atoms with van der Waals surface area (Å²) in [6, 6.07) is 6.05. The number of hydrogen-bond acceptors (Lipinski definition) is 5. The van der Waals surface area contributed by atoms with Crippen LogP contribution in [0.15, 0.2) is 40.2 Å². The maximum Gasteiger partial charge on any atom is 0.342 e. The van der Waals surface area contributed by atoms with Crippen LogP contribution < -0.4 is 10.3 Å². The van der Waals surface area contributed by atoms with Crippen molar-refractivity contribution in [1.29, 1.82) is 0 Å². The molecule has 0 atom stereocenters. The Labute approximate surface area is 119 Å². The van der Waals surface area contributed by atoms with E-state index >= 15 is 0 Å². The van der Waals surface area contributed by atoms with Crippen LogP contribution >= 0.6 is 0 Å². The molecule has 0 aliphatic carbocycles. The minimum Gasteiger partial charge on any atom is -0.477 e. The van der Waals surface area contributed by atoms with Crippen LogP contribution in [0.4, 0.5) is 5.95 Å². The monoisotopic (exact) mass is 309 g/mol. The number of hydrogen-bond donors (Lipinski definition) is 3. The van der Waals surface area contributed by atoms with E-state index in [0.29, 0.717) is 0 Å². The predicted molar refractivity (Wildman–Crippen MR) is 73.8 cm³/mol. The van der Waals surface area contributed by atoms with Gasteiger partial charge in [-0.05, 0) is 19.1 Å². The first-order chi connectivity index (χ1) is 9.79. The third-order valence-corrected chi connectivity index (χ3v) is 3.95. The van der Waals surface area contributed by atoms with E-state index in [0.717, 1.165) is 11.8 Å². The fraction of sp³-hybridized carbons (Fsp3) is 0.0833. The van der Waals surface area contributed by atoms with Gasteiger partial charge in [-0.15, -0.1) is 0 Å². The number of aromatic nitrogens is 2. The molecule has 0 unspecified atom stereocenters. The highest BCUT2D eigenvalue weighted by atomic mass is 32.2. The molecule has 0 saturated carbocycles. The summed E-state index contributed by atoms with van der Waals surface area (Å²) in [7, 11) is -3.91. The second-order valence-corrected chi connectivity index (χ2v) is 5.88. The number of anilines is 1. The van der Waals surface area contributed by atoms with Gasteiger partial charge in [-0.25, -0.2) is 22.9 Å². The van der Waals surface area contributed by atoms with Crippen molar-refractivity contribution >= 4 is 21.9 Å². The van der Waals surface area contributed by atoms with E-state index in [9.17, 15) is 18.0 Å². The van der Waals surface area contributed by atoms with Crippen molar-refractivity contribution in [2.45, 2.75) is 11.8 Å². The molecule has 9 heteroatoms. The summed E-state index contributed by atoms with van der Waals surface area (Å²) in [5.74, 6) is -1.80. The Bertz CT molecular complexity index is 840. The first kappa shape index (κ1) is 14.7. The average molecular weight is 309 g/mol. The third-order valence-electron chi connectivity index (χ3n) is 2.59. The lowest BCUT2D eigenvalue weighted by atomic mass is 10.2. The number of benzene rings is 1. The molecule has 0 bridgehead atoms. The van der Waals surface area contributed by atoms with Crippen LogP contribution in [0.5, 0.6) is 0 Å². The number of aromatic carboxylic acids is 1. The van der Waals surface area contributed by atoms with Crippen molar-refractivity contribution < 1.29 is 18.3 Å². The van der Waals surface area contributed by atoms with Crippen molar-refractivity contribution in [3.63, 3.8) is 0 Å². The summed E-state index contributed by atoms with van der Waals surface area (Å²) < 4.78 is 26.2. The molecule has 1 aromatic heterocycles. The van der Waals surface area contributed by atoms with E-state index in [2.05, 4.69) is 14.7 Å². The van der Waals surface area contributed by atoms with Crippen LogP contribution in [-0.2, 0) is 10.0 Å². The molecule has 3 N–H and O–H groups in total. The Hall–Kier alpha value is -2.68. The molecular weight excluding hydrogens is 298 g/mol. The molecule has 0 fully saturated rings. The largest absolute Gasteiger partial charge is 0.477 e. The Kier molecular flexibility index (Phi) is 3.76. The Morgan fingerprint density at radius 3 is 2.43 bits per heavy atom. The lowest BCUT2D eigenvalue weighted by molar-refractivity contribution is 0.0694. The summed E-state index contributed by atoms with van der Waals surface area (Å²) >= 11 is 0. The lowest BCUT2D eigenvalue weighted by Gasteiger charge is -2.07. The number of aromatic amines is 1. The number of carboxylic acid groups (broad SMARTS) is 1. The van der Waals surface area contributed by atoms with Crippen LogP contribution in [0.25, 0.3) is 0 Å². The first-order valence-corrected chi connectivity index (χ1v) is 7.20. The van der Waals surface area contributed by atoms with Gasteiger partial charge in [0.05, 0.1) is 11.1 Å². The third kappa shape index (κ3) is 3.26. The molecular formula is C12H11N3O5S. The van der Waals surface area contributed by atoms with Gasteiger partial charge >= 0.3 is 5.97 Å². The molecule has 2 rings (SSSR count). The van der Waals surface area contributed by atoms with Crippen molar-refractivity contribution in [2.75, 3.05) is 4.72 Å². The highest BCUT2D eigenvalue weighted by molar-refractivity contribution is 7.92. The molecule has 2 aromatic rings. The van der Waals surface area contributed by atoms with Gasteiger partial charge in [-0.2, -0.15) is 0 Å². The van der Waals surface area contributed by atoms with E-state index in [1.54, 1.807) is 12.1 Å². The van der Waals surface area contributed by atoms with Gasteiger partial charge < -0.3 is 5.11 Å². The zero-order valence-electron chi connectivity index (χ0n) is 10.8. The van der Waals surface area contributed by atoms with Gasteiger partial charge in [0.15, 0.2) is 0 Å². The first-order valence-electron chi connectivity index (χ1n) is 5.72. The number of rotatable bonds is 4. The predicted octanol–water partition coefficient (Wildman–Crippen LogP) is 0.577. The van der Waals surface area contributed by atoms with Crippen LogP contribution in [0.3, 0.4) is 0 Å². The minimum atomic E-state index is -3.91. The van der Waals surface area contributed by atoms with Gasteiger partial charge in [0.2, 0.25) is 5.95 Å². The number of nitrogens with one attached hydrogen (secondary N) is 2. The molecule has 0 aliphatic heterocycles. The number of aryl methyl sites for hydroxylation is 1. The summed E-state index contributed by atoms with van der Waals surface area (Å²) in [6.07, 6.45) is 0.786. The lowest BCUT2D eigenvalue weighted by Crippen LogP contribution is -2.22. The topological polar surface area (TPSA) is 129 Å². The van der Waals surface area contributed by atoms with Crippen molar-refractivity contribution in [2.24, 2.45) is 0 Å². The summed E-state index contributed by atoms with van der Waals surface area (Å²) in [6.45, 7) is 1.81. The summed E-state index contributed by atoms with van der Waals surface area (Å²) in [5, 5.41) is 8.69. The van der Waals surface area contributed by atoms with E-state index < -0.39 is 27.1 Å². The van der Waals surface area contributed by atoms with Gasteiger partial charge in [-0.1, -0.05) is 17.7 Å². The molecule has 110 valence electrons. The molecule has 8 nitrogen and oxygen atoms in total. The van der Waals surface area contributed by atoms with Gasteiger partial charge in [0.25, 0.3) is 15.6 Å². The standard InChI is InChI=1S/C12H11N3O5S/c1-7-2-4-8(5-3-7)21(19,20)15-12-13-6-9(11(17)18)10(16)14-12/h2-6H,1H3,(H,17,18)(H2,13,14,15,16). The molecule has 1 heterocycles. The SMILES string of the molecule is Cc1ccc(S(=O)(=O)Nc2ncc(C(=O)O)c(=O)[nH]2)cc1. The summed E-state index contributed by atoms with van der Waals surface area (Å²) in [5.41, 5.74) is -0.626. The Morgan fingerprint density at radius 2 is 1.90 bits per heavy atom. The Balaban J connectivity index is 2.33. The normalized spacial score (nSPS) is 11.1. The van der Waals surface area contributed by atoms with Crippen LogP contribution in [0.1, 0.15) is 15.9 Å². The second-order valence-electron chi connectivity index (χ2n) is 4.20. The fourth-order valence-corrected chi connectivity index (χ4v) is 2.47. The second kappa shape index (κ2) is 5.37. The summed E-state index contributed by atoms with van der Waals surface area (Å²) in [4.78, 5) is 27.7.